The van der Waals surface area contributed by atoms with Crippen molar-refractivity contribution in [3.63, 3.8) is 0 Å². The fourth-order valence-corrected chi connectivity index (χ4v) is 4.64. The molecule has 7 heteroatoms. The van der Waals surface area contributed by atoms with E-state index in [2.05, 4.69) is 4.57 Å². The molecule has 160 valence electrons. The summed E-state index contributed by atoms with van der Waals surface area (Å²) in [4.78, 5) is 19.4. The molecule has 0 saturated heterocycles. The average molecular weight is 456 g/mol. The Balaban J connectivity index is 1.34. The first-order valence-electron chi connectivity index (χ1n) is 10.6. The summed E-state index contributed by atoms with van der Waals surface area (Å²) in [5.41, 5.74) is 4.15. The van der Waals surface area contributed by atoms with E-state index >= 15 is 0 Å². The number of hydrogen-bond acceptors (Lipinski definition) is 3. The molecule has 0 radical (unpaired) electrons. The van der Waals surface area contributed by atoms with Gasteiger partial charge in [0.1, 0.15) is 12.4 Å². The summed E-state index contributed by atoms with van der Waals surface area (Å²) in [6.45, 7) is 1.50. The van der Waals surface area contributed by atoms with E-state index in [4.69, 9.17) is 32.9 Å². The van der Waals surface area contributed by atoms with E-state index in [-0.39, 0.29) is 12.7 Å². The molecule has 2 heterocycles. The van der Waals surface area contributed by atoms with Crippen molar-refractivity contribution in [3.8, 4) is 11.4 Å². The minimum absolute atomic E-state index is 0.270. The monoisotopic (exact) mass is 455 g/mol. The lowest BCUT2D eigenvalue weighted by Gasteiger charge is -2.20. The standard InChI is InChI=1S/C24H23Cl2N3O2/c25-17-6-9-19(20(26)14-17)23-27-21-10-12-28(13-11-22(21)29(23)18-7-8-18)24(30)31-15-16-4-2-1-3-5-16/h1-6,9,14,18H,7-8,10-13,15H2. The quantitative estimate of drug-likeness (QED) is 0.489. The molecule has 5 nitrogen and oxygen atoms in total. The van der Waals surface area contributed by atoms with Gasteiger partial charge in [0.2, 0.25) is 0 Å². The van der Waals surface area contributed by atoms with Crippen LogP contribution in [-0.4, -0.2) is 33.6 Å². The van der Waals surface area contributed by atoms with E-state index in [1.54, 1.807) is 11.0 Å². The van der Waals surface area contributed by atoms with Gasteiger partial charge in [-0.2, -0.15) is 0 Å². The number of imidazole rings is 1. The van der Waals surface area contributed by atoms with Crippen LogP contribution in [0.15, 0.2) is 48.5 Å². The maximum atomic E-state index is 12.6. The molecule has 2 aromatic carbocycles. The van der Waals surface area contributed by atoms with Gasteiger partial charge in [-0.1, -0.05) is 53.5 Å². The zero-order chi connectivity index (χ0) is 21.4. The highest BCUT2D eigenvalue weighted by atomic mass is 35.5. The lowest BCUT2D eigenvalue weighted by molar-refractivity contribution is 0.0976. The van der Waals surface area contributed by atoms with Crippen LogP contribution in [0.1, 0.15) is 35.8 Å². The molecular formula is C24H23Cl2N3O2. The molecule has 1 amide bonds. The van der Waals surface area contributed by atoms with Gasteiger partial charge in [-0.15, -0.1) is 0 Å². The number of carbonyl (C=O) groups is 1. The molecule has 3 aromatic rings. The van der Waals surface area contributed by atoms with E-state index in [0.717, 1.165) is 41.9 Å². The van der Waals surface area contributed by atoms with Gasteiger partial charge in [0.15, 0.2) is 0 Å². The number of aromatic nitrogens is 2. The van der Waals surface area contributed by atoms with Gasteiger partial charge < -0.3 is 14.2 Å². The van der Waals surface area contributed by atoms with E-state index in [0.29, 0.717) is 35.6 Å². The third-order valence-corrected chi connectivity index (χ3v) is 6.43. The van der Waals surface area contributed by atoms with Crippen molar-refractivity contribution < 1.29 is 9.53 Å². The molecule has 0 spiro atoms. The number of fused-ring (bicyclic) bond motifs is 1. The smallest absolute Gasteiger partial charge is 0.410 e. The summed E-state index contributed by atoms with van der Waals surface area (Å²) < 4.78 is 7.87. The highest BCUT2D eigenvalue weighted by Crippen LogP contribution is 2.42. The van der Waals surface area contributed by atoms with Crippen molar-refractivity contribution in [1.29, 1.82) is 0 Å². The number of carbonyl (C=O) groups excluding carboxylic acids is 1. The molecule has 5 rings (SSSR count). The molecule has 0 unspecified atom stereocenters. The molecule has 2 aliphatic rings. The minimum atomic E-state index is -0.270. The second-order valence-corrected chi connectivity index (χ2v) is 8.93. The molecule has 1 aliphatic carbocycles. The Morgan fingerprint density at radius 3 is 2.58 bits per heavy atom. The average Bonchev–Trinajstić information content (AvgIpc) is 3.58. The lowest BCUT2D eigenvalue weighted by Crippen LogP contribution is -2.34. The largest absolute Gasteiger partial charge is 0.445 e. The van der Waals surface area contributed by atoms with Crippen molar-refractivity contribution in [2.24, 2.45) is 0 Å². The van der Waals surface area contributed by atoms with Crippen LogP contribution < -0.4 is 0 Å². The fourth-order valence-electron chi connectivity index (χ4n) is 4.15. The number of hydrogen-bond donors (Lipinski definition) is 0. The van der Waals surface area contributed by atoms with E-state index < -0.39 is 0 Å². The molecule has 0 N–H and O–H groups in total. The Morgan fingerprint density at radius 2 is 1.84 bits per heavy atom. The Hall–Kier alpha value is -2.50. The number of ether oxygens (including phenoxy) is 1. The van der Waals surface area contributed by atoms with E-state index in [1.165, 1.54) is 5.69 Å². The summed E-state index contributed by atoms with van der Waals surface area (Å²) in [5.74, 6) is 0.911. The van der Waals surface area contributed by atoms with E-state index in [9.17, 15) is 4.79 Å². The number of amides is 1. The summed E-state index contributed by atoms with van der Waals surface area (Å²) in [6.07, 6.45) is 3.47. The molecule has 1 aliphatic heterocycles. The van der Waals surface area contributed by atoms with Crippen LogP contribution in [0.2, 0.25) is 10.0 Å². The maximum absolute atomic E-state index is 12.6. The Labute approximate surface area is 191 Å². The Morgan fingerprint density at radius 1 is 1.06 bits per heavy atom. The van der Waals surface area contributed by atoms with Gasteiger partial charge in [-0.05, 0) is 36.6 Å². The normalized spacial score (nSPS) is 16.0. The number of rotatable bonds is 4. The van der Waals surface area contributed by atoms with Crippen LogP contribution in [-0.2, 0) is 24.2 Å². The predicted molar refractivity (Wildman–Crippen MR) is 122 cm³/mol. The van der Waals surface area contributed by atoms with Gasteiger partial charge in [-0.3, -0.25) is 0 Å². The van der Waals surface area contributed by atoms with Gasteiger partial charge in [0.25, 0.3) is 0 Å². The fraction of sp³-hybridized carbons (Fsp3) is 0.333. The van der Waals surface area contributed by atoms with Crippen molar-refractivity contribution in [2.75, 3.05) is 13.1 Å². The van der Waals surface area contributed by atoms with Gasteiger partial charge in [0.05, 0.1) is 10.7 Å². The summed E-state index contributed by atoms with van der Waals surface area (Å²) in [5, 5.41) is 1.23. The molecule has 0 atom stereocenters. The van der Waals surface area contributed by atoms with Crippen LogP contribution in [0.5, 0.6) is 0 Å². The third kappa shape index (κ3) is 4.30. The highest BCUT2D eigenvalue weighted by molar-refractivity contribution is 6.36. The maximum Gasteiger partial charge on any atom is 0.410 e. The topological polar surface area (TPSA) is 47.4 Å². The first kappa shape index (κ1) is 20.4. The highest BCUT2D eigenvalue weighted by Gasteiger charge is 2.33. The van der Waals surface area contributed by atoms with Crippen LogP contribution >= 0.6 is 23.2 Å². The molecule has 1 saturated carbocycles. The predicted octanol–water partition coefficient (Wildman–Crippen LogP) is 5.93. The second-order valence-electron chi connectivity index (χ2n) is 8.08. The molecule has 1 aromatic heterocycles. The van der Waals surface area contributed by atoms with Crippen molar-refractivity contribution in [1.82, 2.24) is 14.5 Å². The molecule has 0 bridgehead atoms. The number of benzene rings is 2. The zero-order valence-corrected chi connectivity index (χ0v) is 18.6. The van der Waals surface area contributed by atoms with Crippen LogP contribution in [0.4, 0.5) is 4.79 Å². The van der Waals surface area contributed by atoms with Crippen LogP contribution in [0.25, 0.3) is 11.4 Å². The minimum Gasteiger partial charge on any atom is -0.445 e. The van der Waals surface area contributed by atoms with Gasteiger partial charge in [0, 0.05) is 48.3 Å². The number of halogens is 2. The number of nitrogens with zero attached hydrogens (tertiary/aromatic N) is 3. The summed E-state index contributed by atoms with van der Waals surface area (Å²) in [7, 11) is 0. The van der Waals surface area contributed by atoms with Gasteiger partial charge >= 0.3 is 6.09 Å². The Kier molecular flexibility index (Phi) is 5.63. The molecule has 1 fully saturated rings. The van der Waals surface area contributed by atoms with Crippen molar-refractivity contribution >= 4 is 29.3 Å². The first-order valence-corrected chi connectivity index (χ1v) is 11.4. The molecular weight excluding hydrogens is 433 g/mol. The van der Waals surface area contributed by atoms with Gasteiger partial charge in [-0.25, -0.2) is 9.78 Å². The molecule has 31 heavy (non-hydrogen) atoms. The summed E-state index contributed by atoms with van der Waals surface area (Å²) in [6, 6.07) is 15.8. The first-order chi connectivity index (χ1) is 15.1. The Bertz CT molecular complexity index is 1110. The van der Waals surface area contributed by atoms with Crippen molar-refractivity contribution in [2.45, 2.75) is 38.3 Å². The third-order valence-electron chi connectivity index (χ3n) is 5.88. The summed E-state index contributed by atoms with van der Waals surface area (Å²) >= 11 is 12.6. The zero-order valence-electron chi connectivity index (χ0n) is 17.1. The van der Waals surface area contributed by atoms with Crippen LogP contribution in [0.3, 0.4) is 0 Å². The van der Waals surface area contributed by atoms with Crippen LogP contribution in [0, 0.1) is 0 Å². The SMILES string of the molecule is O=C(OCc1ccccc1)N1CCc2nc(-c3ccc(Cl)cc3Cl)n(C3CC3)c2CC1. The lowest BCUT2D eigenvalue weighted by atomic mass is 10.2. The van der Waals surface area contributed by atoms with Crippen molar-refractivity contribution in [3.05, 3.63) is 75.5 Å². The van der Waals surface area contributed by atoms with E-state index in [1.807, 2.05) is 42.5 Å². The second kappa shape index (κ2) is 8.56.